The zero-order chi connectivity index (χ0) is 13.7. The summed E-state index contributed by atoms with van der Waals surface area (Å²) in [7, 11) is -4.90. The van der Waals surface area contributed by atoms with Gasteiger partial charge in [0.05, 0.1) is 4.90 Å². The second-order valence-electron chi connectivity index (χ2n) is 4.17. The number of fused-ring (bicyclic) bond motifs is 1. The summed E-state index contributed by atoms with van der Waals surface area (Å²) in [5.41, 5.74) is -0.496. The Labute approximate surface area is 102 Å². The van der Waals surface area contributed by atoms with Crippen LogP contribution in [-0.2, 0) is 9.84 Å². The van der Waals surface area contributed by atoms with Crippen molar-refractivity contribution in [1.82, 2.24) is 0 Å². The Balaban J connectivity index is 2.78. The van der Waals surface area contributed by atoms with Crippen molar-refractivity contribution >= 4 is 15.6 Å². The fourth-order valence-electron chi connectivity index (χ4n) is 2.16. The molecule has 1 aliphatic carbocycles. The molecule has 3 nitrogen and oxygen atoms in total. The molecule has 0 fully saturated rings. The highest BCUT2D eigenvalue weighted by molar-refractivity contribution is 7.91. The molecule has 1 unspecified atom stereocenters. The van der Waals surface area contributed by atoms with Crippen LogP contribution in [0.5, 0.6) is 0 Å². The molecule has 1 atom stereocenters. The largest absolute Gasteiger partial charge is 0.341 e. The summed E-state index contributed by atoms with van der Waals surface area (Å²) in [6, 6.07) is 1.54. The van der Waals surface area contributed by atoms with Crippen LogP contribution in [0.2, 0.25) is 0 Å². The summed E-state index contributed by atoms with van der Waals surface area (Å²) in [5, 5.41) is 0. The summed E-state index contributed by atoms with van der Waals surface area (Å²) in [6.45, 7) is 1.55. The lowest BCUT2D eigenvalue weighted by atomic mass is 10.0. The van der Waals surface area contributed by atoms with Gasteiger partial charge in [-0.15, -0.1) is 0 Å². The van der Waals surface area contributed by atoms with Crippen LogP contribution in [0.3, 0.4) is 0 Å². The van der Waals surface area contributed by atoms with Crippen LogP contribution >= 0.6 is 0 Å². The van der Waals surface area contributed by atoms with E-state index in [0.717, 1.165) is 12.1 Å². The number of ketones is 1. The van der Waals surface area contributed by atoms with E-state index >= 15 is 0 Å². The van der Waals surface area contributed by atoms with Crippen LogP contribution < -0.4 is 0 Å². The molecular weight excluding hydrogens is 269 g/mol. The SMILES string of the molecule is CC1CC(=O)c2c(S(=O)(=O)C(F)F)ccc(F)c21. The van der Waals surface area contributed by atoms with Gasteiger partial charge in [-0.1, -0.05) is 6.92 Å². The molecule has 0 N–H and O–H groups in total. The molecule has 0 heterocycles. The number of benzene rings is 1. The normalized spacial score (nSPS) is 19.4. The number of carbonyl (C=O) groups excluding carboxylic acids is 1. The quantitative estimate of drug-likeness (QED) is 0.781. The Kier molecular flexibility index (Phi) is 2.96. The Morgan fingerprint density at radius 1 is 1.33 bits per heavy atom. The third-order valence-electron chi connectivity index (χ3n) is 2.96. The van der Waals surface area contributed by atoms with Crippen LogP contribution in [0.15, 0.2) is 17.0 Å². The van der Waals surface area contributed by atoms with Gasteiger partial charge in [-0.3, -0.25) is 4.79 Å². The van der Waals surface area contributed by atoms with Crippen LogP contribution in [0, 0.1) is 5.82 Å². The lowest BCUT2D eigenvalue weighted by molar-refractivity contribution is 0.0987. The molecule has 18 heavy (non-hydrogen) atoms. The van der Waals surface area contributed by atoms with Crippen LogP contribution in [0.4, 0.5) is 13.2 Å². The van der Waals surface area contributed by atoms with Gasteiger partial charge in [0.25, 0.3) is 0 Å². The molecule has 0 bridgehead atoms. The maximum absolute atomic E-state index is 13.5. The molecule has 0 spiro atoms. The zero-order valence-corrected chi connectivity index (χ0v) is 10.1. The lowest BCUT2D eigenvalue weighted by Gasteiger charge is -2.10. The van der Waals surface area contributed by atoms with Crippen LogP contribution in [-0.4, -0.2) is 20.0 Å². The zero-order valence-electron chi connectivity index (χ0n) is 9.28. The van der Waals surface area contributed by atoms with E-state index in [-0.39, 0.29) is 12.0 Å². The van der Waals surface area contributed by atoms with E-state index in [1.54, 1.807) is 6.92 Å². The Morgan fingerprint density at radius 2 is 1.94 bits per heavy atom. The maximum Gasteiger partial charge on any atom is 0.341 e. The van der Waals surface area contributed by atoms with Crippen molar-refractivity contribution in [2.45, 2.75) is 29.9 Å². The number of hydrogen-bond acceptors (Lipinski definition) is 3. The fraction of sp³-hybridized carbons (Fsp3) is 0.364. The Hall–Kier alpha value is -1.37. The molecule has 98 valence electrons. The van der Waals surface area contributed by atoms with Gasteiger partial charge in [-0.2, -0.15) is 8.78 Å². The molecule has 0 aromatic heterocycles. The minimum Gasteiger partial charge on any atom is -0.294 e. The summed E-state index contributed by atoms with van der Waals surface area (Å²) in [5.74, 6) is -5.48. The summed E-state index contributed by atoms with van der Waals surface area (Å²) in [6.07, 6.45) is -0.0674. The number of rotatable bonds is 2. The number of carbonyl (C=O) groups is 1. The number of sulfone groups is 1. The van der Waals surface area contributed by atoms with Gasteiger partial charge < -0.3 is 0 Å². The van der Waals surface area contributed by atoms with E-state index in [4.69, 9.17) is 0 Å². The topological polar surface area (TPSA) is 51.2 Å². The van der Waals surface area contributed by atoms with E-state index in [2.05, 4.69) is 0 Å². The van der Waals surface area contributed by atoms with Gasteiger partial charge in [-0.25, -0.2) is 12.8 Å². The molecule has 0 saturated heterocycles. The molecular formula is C11H9F3O3S. The third kappa shape index (κ3) is 1.73. The molecule has 0 aliphatic heterocycles. The predicted octanol–water partition coefficient (Wildman–Crippen LogP) is 2.51. The van der Waals surface area contributed by atoms with E-state index < -0.39 is 43.6 Å². The molecule has 0 saturated carbocycles. The summed E-state index contributed by atoms with van der Waals surface area (Å²) in [4.78, 5) is 10.9. The van der Waals surface area contributed by atoms with Crippen LogP contribution in [0.1, 0.15) is 35.2 Å². The highest BCUT2D eigenvalue weighted by Crippen LogP contribution is 2.39. The first-order valence-corrected chi connectivity index (χ1v) is 6.69. The Morgan fingerprint density at radius 3 is 2.50 bits per heavy atom. The van der Waals surface area contributed by atoms with Crippen molar-refractivity contribution in [3.8, 4) is 0 Å². The van der Waals surface area contributed by atoms with Crippen molar-refractivity contribution in [2.75, 3.05) is 0 Å². The van der Waals surface area contributed by atoms with Crippen molar-refractivity contribution in [1.29, 1.82) is 0 Å². The van der Waals surface area contributed by atoms with E-state index in [0.29, 0.717) is 0 Å². The van der Waals surface area contributed by atoms with Gasteiger partial charge in [0.1, 0.15) is 5.82 Å². The number of halogens is 3. The monoisotopic (exact) mass is 278 g/mol. The van der Waals surface area contributed by atoms with E-state index in [1.165, 1.54) is 0 Å². The first-order chi connectivity index (χ1) is 8.26. The van der Waals surface area contributed by atoms with Crippen molar-refractivity contribution < 1.29 is 26.4 Å². The second kappa shape index (κ2) is 4.08. The van der Waals surface area contributed by atoms with Crippen molar-refractivity contribution in [3.05, 3.63) is 29.1 Å². The van der Waals surface area contributed by atoms with Gasteiger partial charge >= 0.3 is 5.76 Å². The van der Waals surface area contributed by atoms with Gasteiger partial charge in [0, 0.05) is 17.5 Å². The molecule has 1 aromatic rings. The van der Waals surface area contributed by atoms with Crippen molar-refractivity contribution in [2.24, 2.45) is 0 Å². The third-order valence-corrected chi connectivity index (χ3v) is 4.38. The smallest absolute Gasteiger partial charge is 0.294 e. The summed E-state index contributed by atoms with van der Waals surface area (Å²) < 4.78 is 61.4. The van der Waals surface area contributed by atoms with E-state index in [9.17, 15) is 26.4 Å². The van der Waals surface area contributed by atoms with Crippen molar-refractivity contribution in [3.63, 3.8) is 0 Å². The van der Waals surface area contributed by atoms with Gasteiger partial charge in [0.2, 0.25) is 9.84 Å². The minimum absolute atomic E-state index is 0.0674. The lowest BCUT2D eigenvalue weighted by Crippen LogP contribution is -2.15. The molecule has 2 rings (SSSR count). The number of Topliss-reactive ketones (excluding diaryl/α,β-unsaturated/α-hetero) is 1. The standard InChI is InChI=1S/C11H9F3O3S/c1-5-4-7(15)10-8(18(16,17)11(13)14)3-2-6(12)9(5)10/h2-3,5,11H,4H2,1H3. The average molecular weight is 278 g/mol. The minimum atomic E-state index is -4.90. The summed E-state index contributed by atoms with van der Waals surface area (Å²) >= 11 is 0. The average Bonchev–Trinajstić information content (AvgIpc) is 2.55. The molecule has 0 amide bonds. The van der Waals surface area contributed by atoms with Gasteiger partial charge in [-0.05, 0) is 18.1 Å². The highest BCUT2D eigenvalue weighted by atomic mass is 32.2. The molecule has 1 aromatic carbocycles. The fourth-order valence-corrected chi connectivity index (χ4v) is 3.12. The molecule has 7 heteroatoms. The first-order valence-electron chi connectivity index (χ1n) is 5.14. The van der Waals surface area contributed by atoms with Crippen LogP contribution in [0.25, 0.3) is 0 Å². The highest BCUT2D eigenvalue weighted by Gasteiger charge is 2.38. The second-order valence-corrected chi connectivity index (χ2v) is 6.05. The molecule has 0 radical (unpaired) electrons. The first kappa shape index (κ1) is 13.1. The number of hydrogen-bond donors (Lipinski definition) is 0. The predicted molar refractivity (Wildman–Crippen MR) is 57.0 cm³/mol. The maximum atomic E-state index is 13.5. The van der Waals surface area contributed by atoms with E-state index in [1.807, 2.05) is 0 Å². The molecule has 1 aliphatic rings. The Bertz CT molecular complexity index is 623. The van der Waals surface area contributed by atoms with Gasteiger partial charge in [0.15, 0.2) is 5.78 Å². The number of alkyl halides is 2.